The Morgan fingerprint density at radius 1 is 1.52 bits per heavy atom. The molecule has 2 aromatic rings. The summed E-state index contributed by atoms with van der Waals surface area (Å²) < 4.78 is 5.20. The van der Waals surface area contributed by atoms with Crippen molar-refractivity contribution in [3.63, 3.8) is 0 Å². The molecule has 0 unspecified atom stereocenters. The van der Waals surface area contributed by atoms with Gasteiger partial charge in [0, 0.05) is 4.88 Å². The SMILES string of the molecule is CCC(C)(C)[C@@H]1CCc2c(sc(NC(=O)c3ccoc3C)c2C#N)C1. The number of hydrogen-bond acceptors (Lipinski definition) is 4. The number of nitriles is 1. The highest BCUT2D eigenvalue weighted by atomic mass is 32.1. The van der Waals surface area contributed by atoms with Crippen LogP contribution in [0.15, 0.2) is 16.7 Å². The average Bonchev–Trinajstić information content (AvgIpc) is 3.16. The van der Waals surface area contributed by atoms with Gasteiger partial charge < -0.3 is 9.73 Å². The molecule has 25 heavy (non-hydrogen) atoms. The Labute approximate surface area is 152 Å². The van der Waals surface area contributed by atoms with Crippen LogP contribution in [0.3, 0.4) is 0 Å². The van der Waals surface area contributed by atoms with E-state index in [1.807, 2.05) is 0 Å². The Morgan fingerprint density at radius 2 is 2.28 bits per heavy atom. The summed E-state index contributed by atoms with van der Waals surface area (Å²) in [5.41, 5.74) is 2.59. The molecule has 0 fully saturated rings. The minimum atomic E-state index is -0.216. The number of aryl methyl sites for hydroxylation is 1. The summed E-state index contributed by atoms with van der Waals surface area (Å²) in [7, 11) is 0. The quantitative estimate of drug-likeness (QED) is 0.807. The molecule has 2 heterocycles. The van der Waals surface area contributed by atoms with E-state index in [0.717, 1.165) is 31.2 Å². The molecule has 1 amide bonds. The van der Waals surface area contributed by atoms with E-state index in [2.05, 4.69) is 32.2 Å². The molecule has 0 aliphatic heterocycles. The maximum Gasteiger partial charge on any atom is 0.259 e. The van der Waals surface area contributed by atoms with Gasteiger partial charge in [-0.1, -0.05) is 27.2 Å². The fraction of sp³-hybridized carbons (Fsp3) is 0.500. The predicted octanol–water partition coefficient (Wildman–Crippen LogP) is 5.31. The molecule has 0 bridgehead atoms. The molecule has 3 rings (SSSR count). The first kappa shape index (κ1) is 17.8. The van der Waals surface area contributed by atoms with Crippen molar-refractivity contribution in [2.24, 2.45) is 11.3 Å². The van der Waals surface area contributed by atoms with Crippen molar-refractivity contribution < 1.29 is 9.21 Å². The number of thiophene rings is 1. The molecule has 0 saturated heterocycles. The van der Waals surface area contributed by atoms with Gasteiger partial charge in [0.2, 0.25) is 0 Å². The molecular weight excluding hydrogens is 332 g/mol. The Morgan fingerprint density at radius 3 is 2.88 bits per heavy atom. The molecule has 0 radical (unpaired) electrons. The predicted molar refractivity (Wildman–Crippen MR) is 100 cm³/mol. The second-order valence-corrected chi connectivity index (χ2v) is 8.55. The Hall–Kier alpha value is -2.06. The first-order valence-electron chi connectivity index (χ1n) is 8.77. The molecule has 1 N–H and O–H groups in total. The summed E-state index contributed by atoms with van der Waals surface area (Å²) >= 11 is 1.56. The lowest BCUT2D eigenvalue weighted by atomic mass is 9.69. The summed E-state index contributed by atoms with van der Waals surface area (Å²) in [4.78, 5) is 13.7. The minimum Gasteiger partial charge on any atom is -0.469 e. The van der Waals surface area contributed by atoms with E-state index in [-0.39, 0.29) is 5.91 Å². The summed E-state index contributed by atoms with van der Waals surface area (Å²) in [5.74, 6) is 0.990. The third-order valence-electron chi connectivity index (χ3n) is 5.72. The topological polar surface area (TPSA) is 66.0 Å². The Kier molecular flexibility index (Phi) is 4.75. The smallest absolute Gasteiger partial charge is 0.259 e. The van der Waals surface area contributed by atoms with Crippen LogP contribution in [0.25, 0.3) is 0 Å². The molecule has 1 atom stereocenters. The number of nitrogens with one attached hydrogen (secondary N) is 1. The lowest BCUT2D eigenvalue weighted by Crippen LogP contribution is -2.28. The molecule has 0 saturated carbocycles. The largest absolute Gasteiger partial charge is 0.469 e. The summed E-state index contributed by atoms with van der Waals surface area (Å²) in [6, 6.07) is 3.97. The van der Waals surface area contributed by atoms with Crippen molar-refractivity contribution >= 4 is 22.2 Å². The molecule has 5 heteroatoms. The standard InChI is InChI=1S/C20H24N2O2S/c1-5-20(3,4)13-6-7-15-16(11-21)19(25-17(15)10-13)22-18(23)14-8-9-24-12(14)2/h8-9,13H,5-7,10H2,1-4H3,(H,22,23)/t13-/m1/s1. The summed E-state index contributed by atoms with van der Waals surface area (Å²) in [6.07, 6.45) is 5.67. The number of fused-ring (bicyclic) bond motifs is 1. The lowest BCUT2D eigenvalue weighted by Gasteiger charge is -2.36. The van der Waals surface area contributed by atoms with Gasteiger partial charge in [-0.15, -0.1) is 11.3 Å². The highest BCUT2D eigenvalue weighted by Crippen LogP contribution is 2.45. The average molecular weight is 356 g/mol. The molecule has 132 valence electrons. The van der Waals surface area contributed by atoms with Crippen molar-refractivity contribution in [2.75, 3.05) is 5.32 Å². The fourth-order valence-electron chi connectivity index (χ4n) is 3.54. The molecule has 0 spiro atoms. The van der Waals surface area contributed by atoms with Crippen LogP contribution < -0.4 is 5.32 Å². The van der Waals surface area contributed by atoms with Gasteiger partial charge >= 0.3 is 0 Å². The number of amides is 1. The Balaban J connectivity index is 1.87. The molecule has 0 aromatic carbocycles. The van der Waals surface area contributed by atoms with Gasteiger partial charge in [-0.2, -0.15) is 5.26 Å². The number of anilines is 1. The van der Waals surface area contributed by atoms with E-state index >= 15 is 0 Å². The van der Waals surface area contributed by atoms with E-state index in [4.69, 9.17) is 4.42 Å². The molecule has 1 aliphatic rings. The van der Waals surface area contributed by atoms with Crippen LogP contribution in [-0.4, -0.2) is 5.91 Å². The van der Waals surface area contributed by atoms with Crippen LogP contribution in [0, 0.1) is 29.6 Å². The van der Waals surface area contributed by atoms with E-state index < -0.39 is 0 Å². The minimum absolute atomic E-state index is 0.216. The van der Waals surface area contributed by atoms with E-state index in [1.165, 1.54) is 11.1 Å². The van der Waals surface area contributed by atoms with Gasteiger partial charge in [0.1, 0.15) is 16.8 Å². The van der Waals surface area contributed by atoms with Crippen molar-refractivity contribution in [1.29, 1.82) is 5.26 Å². The number of rotatable bonds is 4. The number of furan rings is 1. The third kappa shape index (κ3) is 3.23. The number of nitrogens with zero attached hydrogens (tertiary/aromatic N) is 1. The van der Waals surface area contributed by atoms with Crippen molar-refractivity contribution in [3.05, 3.63) is 39.7 Å². The van der Waals surface area contributed by atoms with Crippen molar-refractivity contribution in [2.45, 2.75) is 53.4 Å². The van der Waals surface area contributed by atoms with Gasteiger partial charge in [0.25, 0.3) is 5.91 Å². The van der Waals surface area contributed by atoms with Gasteiger partial charge in [0.15, 0.2) is 0 Å². The monoisotopic (exact) mass is 356 g/mol. The first-order valence-corrected chi connectivity index (χ1v) is 9.59. The van der Waals surface area contributed by atoms with Gasteiger partial charge in [0.05, 0.1) is 17.4 Å². The van der Waals surface area contributed by atoms with Gasteiger partial charge in [-0.25, -0.2) is 0 Å². The van der Waals surface area contributed by atoms with Crippen molar-refractivity contribution in [3.8, 4) is 6.07 Å². The molecule has 4 nitrogen and oxygen atoms in total. The third-order valence-corrected chi connectivity index (χ3v) is 6.89. The van der Waals surface area contributed by atoms with Crippen LogP contribution in [0.2, 0.25) is 0 Å². The zero-order chi connectivity index (χ0) is 18.2. The molecule has 2 aromatic heterocycles. The van der Waals surface area contributed by atoms with E-state index in [1.54, 1.807) is 24.3 Å². The maximum absolute atomic E-state index is 12.5. The van der Waals surface area contributed by atoms with Crippen LogP contribution in [0.4, 0.5) is 5.00 Å². The fourth-order valence-corrected chi connectivity index (χ4v) is 4.81. The van der Waals surface area contributed by atoms with Crippen LogP contribution in [0.5, 0.6) is 0 Å². The van der Waals surface area contributed by atoms with Gasteiger partial charge in [-0.05, 0) is 49.1 Å². The summed E-state index contributed by atoms with van der Waals surface area (Å²) in [5, 5.41) is 13.2. The normalized spacial score (nSPS) is 17.0. The van der Waals surface area contributed by atoms with Crippen LogP contribution >= 0.6 is 11.3 Å². The highest BCUT2D eigenvalue weighted by Gasteiger charge is 2.34. The summed E-state index contributed by atoms with van der Waals surface area (Å²) in [6.45, 7) is 8.65. The van der Waals surface area contributed by atoms with E-state index in [9.17, 15) is 10.1 Å². The molecule has 1 aliphatic carbocycles. The zero-order valence-corrected chi connectivity index (χ0v) is 16.0. The lowest BCUT2D eigenvalue weighted by molar-refractivity contribution is 0.102. The number of hydrogen-bond donors (Lipinski definition) is 1. The Bertz CT molecular complexity index is 838. The van der Waals surface area contributed by atoms with E-state index in [0.29, 0.717) is 33.2 Å². The van der Waals surface area contributed by atoms with Crippen molar-refractivity contribution in [1.82, 2.24) is 0 Å². The zero-order valence-electron chi connectivity index (χ0n) is 15.2. The number of carbonyl (C=O) groups excluding carboxylic acids is 1. The van der Waals surface area contributed by atoms with Crippen LogP contribution in [-0.2, 0) is 12.8 Å². The second kappa shape index (κ2) is 6.68. The first-order chi connectivity index (χ1) is 11.9. The van der Waals surface area contributed by atoms with Crippen LogP contribution in [0.1, 0.15) is 65.7 Å². The second-order valence-electron chi connectivity index (χ2n) is 7.45. The molecular formula is C20H24N2O2S. The highest BCUT2D eigenvalue weighted by molar-refractivity contribution is 7.16. The maximum atomic E-state index is 12.5. The van der Waals surface area contributed by atoms with Gasteiger partial charge in [-0.3, -0.25) is 4.79 Å². The number of carbonyl (C=O) groups is 1.